The van der Waals surface area contributed by atoms with Gasteiger partial charge in [-0.2, -0.15) is 0 Å². The fraction of sp³-hybridized carbons (Fsp3) is 0.143. The third-order valence-corrected chi connectivity index (χ3v) is 5.59. The lowest BCUT2D eigenvalue weighted by Gasteiger charge is -2.10. The van der Waals surface area contributed by atoms with Gasteiger partial charge in [0, 0.05) is 11.4 Å². The van der Waals surface area contributed by atoms with E-state index in [0.717, 1.165) is 22.5 Å². The van der Waals surface area contributed by atoms with Crippen LogP contribution in [-0.2, 0) is 0 Å². The van der Waals surface area contributed by atoms with Gasteiger partial charge in [0.25, 0.3) is 0 Å². The van der Waals surface area contributed by atoms with Crippen molar-refractivity contribution in [1.29, 1.82) is 0 Å². The zero-order chi connectivity index (χ0) is 24.8. The Bertz CT molecular complexity index is 1200. The standard InChI is InChI=1S/C14H16N2O2.C14H16N2/c1-17-13-7-9(3-5-11(13)15)10-4-6-12(16)14(8-10)18-2;1-9-7-11(15)3-5-13(9)14-6-4-12(16)8-10(14)2/h3-8H,15-16H2,1-2H3;3-8H,15-16H2,1-2H3. The first-order valence-corrected chi connectivity index (χ1v) is 10.8. The second-order valence-corrected chi connectivity index (χ2v) is 8.06. The van der Waals surface area contributed by atoms with Crippen LogP contribution in [0.15, 0.2) is 72.8 Å². The van der Waals surface area contributed by atoms with Crippen molar-refractivity contribution in [3.05, 3.63) is 83.9 Å². The van der Waals surface area contributed by atoms with Gasteiger partial charge in [0.1, 0.15) is 11.5 Å². The van der Waals surface area contributed by atoms with Gasteiger partial charge in [-0.15, -0.1) is 0 Å². The molecule has 34 heavy (non-hydrogen) atoms. The Labute approximate surface area is 201 Å². The van der Waals surface area contributed by atoms with Gasteiger partial charge >= 0.3 is 0 Å². The van der Waals surface area contributed by atoms with Gasteiger partial charge in [0.15, 0.2) is 0 Å². The van der Waals surface area contributed by atoms with Crippen molar-refractivity contribution in [3.8, 4) is 33.8 Å². The number of hydrogen-bond acceptors (Lipinski definition) is 6. The quantitative estimate of drug-likeness (QED) is 0.293. The number of hydrogen-bond donors (Lipinski definition) is 4. The van der Waals surface area contributed by atoms with Crippen LogP contribution in [0.3, 0.4) is 0 Å². The number of nitrogens with two attached hydrogens (primary N) is 4. The summed E-state index contributed by atoms with van der Waals surface area (Å²) >= 11 is 0. The van der Waals surface area contributed by atoms with Crippen LogP contribution in [-0.4, -0.2) is 14.2 Å². The third-order valence-electron chi connectivity index (χ3n) is 5.59. The molecule has 0 heterocycles. The van der Waals surface area contributed by atoms with E-state index in [1.807, 2.05) is 60.7 Å². The van der Waals surface area contributed by atoms with Crippen LogP contribution in [0.2, 0.25) is 0 Å². The summed E-state index contributed by atoms with van der Waals surface area (Å²) in [7, 11) is 3.19. The molecule has 6 nitrogen and oxygen atoms in total. The van der Waals surface area contributed by atoms with Crippen LogP contribution in [0.5, 0.6) is 11.5 Å². The number of anilines is 4. The van der Waals surface area contributed by atoms with Gasteiger partial charge in [-0.05, 0) is 95.8 Å². The summed E-state index contributed by atoms with van der Waals surface area (Å²) < 4.78 is 10.4. The summed E-state index contributed by atoms with van der Waals surface area (Å²) in [5, 5.41) is 0. The maximum atomic E-state index is 5.79. The minimum Gasteiger partial charge on any atom is -0.495 e. The fourth-order valence-corrected chi connectivity index (χ4v) is 3.76. The molecule has 0 aliphatic rings. The van der Waals surface area contributed by atoms with Gasteiger partial charge in [-0.3, -0.25) is 0 Å². The second-order valence-electron chi connectivity index (χ2n) is 8.06. The first-order chi connectivity index (χ1) is 16.2. The molecule has 0 unspecified atom stereocenters. The molecule has 0 spiro atoms. The highest BCUT2D eigenvalue weighted by Gasteiger charge is 2.07. The zero-order valence-electron chi connectivity index (χ0n) is 20.1. The Kier molecular flexibility index (Phi) is 7.53. The summed E-state index contributed by atoms with van der Waals surface area (Å²) in [6.45, 7) is 4.14. The van der Waals surface area contributed by atoms with E-state index in [1.54, 1.807) is 14.2 Å². The van der Waals surface area contributed by atoms with Gasteiger partial charge < -0.3 is 32.4 Å². The van der Waals surface area contributed by atoms with Crippen LogP contribution >= 0.6 is 0 Å². The number of methoxy groups -OCH3 is 2. The Morgan fingerprint density at radius 2 is 0.882 bits per heavy atom. The topological polar surface area (TPSA) is 123 Å². The van der Waals surface area contributed by atoms with Crippen molar-refractivity contribution in [2.45, 2.75) is 13.8 Å². The molecule has 176 valence electrons. The molecule has 0 aliphatic heterocycles. The van der Waals surface area contributed by atoms with Crippen LogP contribution < -0.4 is 32.4 Å². The van der Waals surface area contributed by atoms with E-state index in [9.17, 15) is 0 Å². The fourth-order valence-electron chi connectivity index (χ4n) is 3.76. The van der Waals surface area contributed by atoms with Crippen molar-refractivity contribution in [2.75, 3.05) is 37.2 Å². The molecular weight excluding hydrogens is 424 g/mol. The van der Waals surface area contributed by atoms with E-state index in [-0.39, 0.29) is 0 Å². The highest BCUT2D eigenvalue weighted by molar-refractivity contribution is 5.74. The molecule has 0 fully saturated rings. The number of rotatable bonds is 4. The molecule has 4 aromatic carbocycles. The maximum Gasteiger partial charge on any atom is 0.142 e. The molecule has 0 amide bonds. The summed E-state index contributed by atoms with van der Waals surface area (Å²) in [6.07, 6.45) is 0. The highest BCUT2D eigenvalue weighted by atomic mass is 16.5. The third kappa shape index (κ3) is 5.53. The zero-order valence-corrected chi connectivity index (χ0v) is 20.1. The molecular formula is C28H32N4O2. The molecule has 8 N–H and O–H groups in total. The molecule has 0 saturated carbocycles. The summed E-state index contributed by atoms with van der Waals surface area (Å²) in [5.41, 5.74) is 32.7. The van der Waals surface area contributed by atoms with Crippen LogP contribution in [0.1, 0.15) is 11.1 Å². The second kappa shape index (κ2) is 10.5. The van der Waals surface area contributed by atoms with Crippen LogP contribution in [0.25, 0.3) is 22.3 Å². The largest absolute Gasteiger partial charge is 0.495 e. The van der Waals surface area contributed by atoms with Crippen molar-refractivity contribution in [3.63, 3.8) is 0 Å². The number of nitrogen functional groups attached to an aromatic ring is 4. The number of ether oxygens (including phenoxy) is 2. The van der Waals surface area contributed by atoms with Gasteiger partial charge in [0.2, 0.25) is 0 Å². The van der Waals surface area contributed by atoms with Crippen molar-refractivity contribution in [1.82, 2.24) is 0 Å². The lowest BCUT2D eigenvalue weighted by Crippen LogP contribution is -1.94. The minimum absolute atomic E-state index is 0.615. The lowest BCUT2D eigenvalue weighted by atomic mass is 9.96. The Balaban J connectivity index is 0.000000192. The van der Waals surface area contributed by atoms with E-state index in [2.05, 4.69) is 26.0 Å². The van der Waals surface area contributed by atoms with Gasteiger partial charge in [0.05, 0.1) is 25.6 Å². The van der Waals surface area contributed by atoms with E-state index in [4.69, 9.17) is 32.4 Å². The van der Waals surface area contributed by atoms with Crippen LogP contribution in [0, 0.1) is 13.8 Å². The smallest absolute Gasteiger partial charge is 0.142 e. The predicted octanol–water partition coefficient (Wildman–Crippen LogP) is 5.67. The number of aryl methyl sites for hydroxylation is 2. The molecule has 0 bridgehead atoms. The molecule has 0 aliphatic carbocycles. The molecule has 0 radical (unpaired) electrons. The normalized spacial score (nSPS) is 10.2. The van der Waals surface area contributed by atoms with E-state index in [0.29, 0.717) is 22.9 Å². The highest BCUT2D eigenvalue weighted by Crippen LogP contribution is 2.33. The Morgan fingerprint density at radius 1 is 0.500 bits per heavy atom. The predicted molar refractivity (Wildman–Crippen MR) is 144 cm³/mol. The summed E-state index contributed by atoms with van der Waals surface area (Å²) in [5.74, 6) is 1.31. The lowest BCUT2D eigenvalue weighted by molar-refractivity contribution is 0.416. The molecule has 0 aromatic heterocycles. The van der Waals surface area contributed by atoms with Crippen molar-refractivity contribution < 1.29 is 9.47 Å². The SMILES string of the molecule is COc1cc(-c2ccc(N)c(OC)c2)ccc1N.Cc1cc(N)ccc1-c1ccc(N)cc1C. The average molecular weight is 457 g/mol. The Morgan fingerprint density at radius 3 is 1.21 bits per heavy atom. The van der Waals surface area contributed by atoms with Gasteiger partial charge in [-0.1, -0.05) is 24.3 Å². The van der Waals surface area contributed by atoms with E-state index >= 15 is 0 Å². The van der Waals surface area contributed by atoms with E-state index < -0.39 is 0 Å². The monoisotopic (exact) mass is 456 g/mol. The molecule has 4 rings (SSSR count). The van der Waals surface area contributed by atoms with Crippen molar-refractivity contribution in [2.24, 2.45) is 0 Å². The average Bonchev–Trinajstić information content (AvgIpc) is 2.81. The summed E-state index contributed by atoms with van der Waals surface area (Å²) in [6, 6.07) is 23.2. The maximum absolute atomic E-state index is 5.79. The molecule has 4 aromatic rings. The molecule has 0 saturated heterocycles. The van der Waals surface area contributed by atoms with E-state index in [1.165, 1.54) is 22.3 Å². The van der Waals surface area contributed by atoms with Crippen LogP contribution in [0.4, 0.5) is 22.7 Å². The minimum atomic E-state index is 0.615. The Hall–Kier alpha value is -4.32. The van der Waals surface area contributed by atoms with Gasteiger partial charge in [-0.25, -0.2) is 0 Å². The molecule has 0 atom stereocenters. The van der Waals surface area contributed by atoms with Crippen molar-refractivity contribution >= 4 is 22.7 Å². The first-order valence-electron chi connectivity index (χ1n) is 10.8. The molecule has 6 heteroatoms. The first kappa shape index (κ1) is 24.3. The number of benzene rings is 4. The summed E-state index contributed by atoms with van der Waals surface area (Å²) in [4.78, 5) is 0.